The molecule has 62 valence electrons. The van der Waals surface area contributed by atoms with Gasteiger partial charge in [-0.25, -0.2) is 0 Å². The minimum atomic E-state index is 0.0408. The molecular formula is C8H13NO2. The fourth-order valence-corrected chi connectivity index (χ4v) is 1.27. The van der Waals surface area contributed by atoms with Crippen LogP contribution in [-0.2, 0) is 4.79 Å². The summed E-state index contributed by atoms with van der Waals surface area (Å²) in [5, 5.41) is 11.2. The van der Waals surface area contributed by atoms with Crippen LogP contribution >= 0.6 is 0 Å². The average Bonchev–Trinajstić information content (AvgIpc) is 2.04. The lowest BCUT2D eigenvalue weighted by molar-refractivity contribution is -0.125. The first-order valence-electron chi connectivity index (χ1n) is 3.92. The Balaban J connectivity index is 2.55. The summed E-state index contributed by atoms with van der Waals surface area (Å²) < 4.78 is 0. The first-order valence-corrected chi connectivity index (χ1v) is 3.92. The highest BCUT2D eigenvalue weighted by Gasteiger charge is 2.22. The molecule has 0 radical (unpaired) electrons. The fourth-order valence-electron chi connectivity index (χ4n) is 1.27. The second-order valence-corrected chi connectivity index (χ2v) is 2.79. The fraction of sp³-hybridized carbons (Fsp3) is 0.625. The lowest BCUT2D eigenvalue weighted by atomic mass is 9.95. The van der Waals surface area contributed by atoms with Gasteiger partial charge >= 0.3 is 0 Å². The molecule has 3 nitrogen and oxygen atoms in total. The number of carbonyl (C=O) groups excluding carboxylic acids is 1. The minimum Gasteiger partial charge on any atom is -0.514 e. The van der Waals surface area contributed by atoms with Gasteiger partial charge in [-0.2, -0.15) is 0 Å². The molecule has 2 N–H and O–H groups in total. The Morgan fingerprint density at radius 3 is 3.00 bits per heavy atom. The zero-order valence-corrected chi connectivity index (χ0v) is 6.63. The van der Waals surface area contributed by atoms with Gasteiger partial charge in [-0.3, -0.25) is 4.79 Å². The molecule has 0 aromatic carbocycles. The van der Waals surface area contributed by atoms with Crippen molar-refractivity contribution < 1.29 is 9.90 Å². The van der Waals surface area contributed by atoms with E-state index in [1.165, 1.54) is 0 Å². The molecule has 1 saturated heterocycles. The van der Waals surface area contributed by atoms with Gasteiger partial charge in [0.25, 0.3) is 0 Å². The predicted octanol–water partition coefficient (Wildman–Crippen LogP) is 1.32. The molecule has 0 aliphatic carbocycles. The zero-order valence-electron chi connectivity index (χ0n) is 6.63. The van der Waals surface area contributed by atoms with Gasteiger partial charge in [-0.05, 0) is 19.3 Å². The van der Waals surface area contributed by atoms with E-state index in [1.807, 2.05) is 6.92 Å². The first kappa shape index (κ1) is 8.11. The molecule has 1 rings (SSSR count). The van der Waals surface area contributed by atoms with Crippen LogP contribution in [-0.4, -0.2) is 11.0 Å². The number of aliphatic hydroxyl groups is 1. The van der Waals surface area contributed by atoms with Crippen LogP contribution in [0.1, 0.15) is 26.2 Å². The van der Waals surface area contributed by atoms with Gasteiger partial charge in [0.2, 0.25) is 5.91 Å². The van der Waals surface area contributed by atoms with E-state index in [4.69, 9.17) is 5.11 Å². The van der Waals surface area contributed by atoms with Crippen molar-refractivity contribution in [2.24, 2.45) is 5.92 Å². The van der Waals surface area contributed by atoms with Gasteiger partial charge in [0.15, 0.2) is 0 Å². The summed E-state index contributed by atoms with van der Waals surface area (Å²) >= 11 is 0. The normalized spacial score (nSPS) is 28.6. The Morgan fingerprint density at radius 2 is 2.55 bits per heavy atom. The third kappa shape index (κ3) is 1.73. The van der Waals surface area contributed by atoms with Gasteiger partial charge < -0.3 is 10.4 Å². The van der Waals surface area contributed by atoms with Crippen LogP contribution in [0.15, 0.2) is 12.0 Å². The second-order valence-electron chi connectivity index (χ2n) is 2.79. The van der Waals surface area contributed by atoms with E-state index in [9.17, 15) is 4.79 Å². The van der Waals surface area contributed by atoms with Crippen molar-refractivity contribution in [2.45, 2.75) is 26.2 Å². The number of carbonyl (C=O) groups is 1. The summed E-state index contributed by atoms with van der Waals surface area (Å²) in [6.07, 6.45) is 3.49. The molecule has 1 aliphatic heterocycles. The Kier molecular flexibility index (Phi) is 2.52. The number of hydrogen-bond donors (Lipinski definition) is 2. The van der Waals surface area contributed by atoms with Crippen LogP contribution in [0, 0.1) is 5.92 Å². The molecule has 1 atom stereocenters. The maximum Gasteiger partial charge on any atom is 0.227 e. The third-order valence-corrected chi connectivity index (χ3v) is 2.07. The Labute approximate surface area is 66.1 Å². The molecule has 1 unspecified atom stereocenters. The van der Waals surface area contributed by atoms with Crippen LogP contribution in [0.25, 0.3) is 0 Å². The van der Waals surface area contributed by atoms with Crippen molar-refractivity contribution in [1.82, 2.24) is 5.32 Å². The Morgan fingerprint density at radius 1 is 1.82 bits per heavy atom. The molecule has 0 aromatic heterocycles. The number of nitrogens with one attached hydrogen (secondary N) is 1. The largest absolute Gasteiger partial charge is 0.514 e. The number of hydrogen-bond acceptors (Lipinski definition) is 2. The molecular weight excluding hydrogens is 142 g/mol. The topological polar surface area (TPSA) is 49.3 Å². The standard InChI is InChI=1S/C8H13NO2/c1-2-6-3-4-7(5-10)9-8(6)11/h5-6,10H,2-4H2,1H3,(H,9,11)/b7-5+. The minimum absolute atomic E-state index is 0.0408. The summed E-state index contributed by atoms with van der Waals surface area (Å²) in [5.41, 5.74) is 0.639. The molecule has 0 saturated carbocycles. The van der Waals surface area contributed by atoms with Gasteiger partial charge in [-0.1, -0.05) is 6.92 Å². The molecule has 0 aromatic rings. The number of piperidine rings is 1. The van der Waals surface area contributed by atoms with E-state index in [1.54, 1.807) is 0 Å². The SMILES string of the molecule is CCC1CC/C(=C\O)NC1=O. The average molecular weight is 155 g/mol. The van der Waals surface area contributed by atoms with E-state index in [-0.39, 0.29) is 11.8 Å². The van der Waals surface area contributed by atoms with Crippen LogP contribution in [0.4, 0.5) is 0 Å². The molecule has 1 amide bonds. The van der Waals surface area contributed by atoms with Crippen molar-refractivity contribution in [3.05, 3.63) is 12.0 Å². The number of amides is 1. The van der Waals surface area contributed by atoms with E-state index in [2.05, 4.69) is 5.32 Å². The van der Waals surface area contributed by atoms with Gasteiger partial charge in [0, 0.05) is 5.92 Å². The quantitative estimate of drug-likeness (QED) is 0.561. The van der Waals surface area contributed by atoms with E-state index in [0.29, 0.717) is 5.70 Å². The molecule has 11 heavy (non-hydrogen) atoms. The van der Waals surface area contributed by atoms with Crippen molar-refractivity contribution in [2.75, 3.05) is 0 Å². The highest BCUT2D eigenvalue weighted by Crippen LogP contribution is 2.19. The van der Waals surface area contributed by atoms with E-state index >= 15 is 0 Å². The van der Waals surface area contributed by atoms with Crippen LogP contribution in [0.2, 0.25) is 0 Å². The van der Waals surface area contributed by atoms with Crippen molar-refractivity contribution >= 4 is 5.91 Å². The maximum absolute atomic E-state index is 11.1. The predicted molar refractivity (Wildman–Crippen MR) is 41.9 cm³/mol. The van der Waals surface area contributed by atoms with Crippen LogP contribution in [0.3, 0.4) is 0 Å². The summed E-state index contributed by atoms with van der Waals surface area (Å²) in [7, 11) is 0. The van der Waals surface area contributed by atoms with Gasteiger partial charge in [-0.15, -0.1) is 0 Å². The van der Waals surface area contributed by atoms with Gasteiger partial charge in [0.1, 0.15) is 0 Å². The number of allylic oxidation sites excluding steroid dienone is 1. The summed E-state index contributed by atoms with van der Waals surface area (Å²) in [5.74, 6) is 0.178. The van der Waals surface area contributed by atoms with E-state index in [0.717, 1.165) is 25.5 Å². The summed E-state index contributed by atoms with van der Waals surface area (Å²) in [6, 6.07) is 0. The number of aliphatic hydroxyl groups excluding tert-OH is 1. The molecule has 1 fully saturated rings. The number of rotatable bonds is 1. The summed E-state index contributed by atoms with van der Waals surface area (Å²) in [6.45, 7) is 2.00. The van der Waals surface area contributed by atoms with Crippen molar-refractivity contribution in [3.8, 4) is 0 Å². The monoisotopic (exact) mass is 155 g/mol. The highest BCUT2D eigenvalue weighted by molar-refractivity contribution is 5.81. The summed E-state index contributed by atoms with van der Waals surface area (Å²) in [4.78, 5) is 11.1. The first-order chi connectivity index (χ1) is 5.27. The highest BCUT2D eigenvalue weighted by atomic mass is 16.2. The lowest BCUT2D eigenvalue weighted by Crippen LogP contribution is -2.34. The molecule has 0 spiro atoms. The molecule has 3 heteroatoms. The van der Waals surface area contributed by atoms with Crippen LogP contribution in [0.5, 0.6) is 0 Å². The van der Waals surface area contributed by atoms with Crippen molar-refractivity contribution in [1.29, 1.82) is 0 Å². The van der Waals surface area contributed by atoms with Crippen LogP contribution < -0.4 is 5.32 Å². The smallest absolute Gasteiger partial charge is 0.227 e. The van der Waals surface area contributed by atoms with Crippen molar-refractivity contribution in [3.63, 3.8) is 0 Å². The lowest BCUT2D eigenvalue weighted by Gasteiger charge is -2.21. The second kappa shape index (κ2) is 3.42. The zero-order chi connectivity index (χ0) is 8.27. The Bertz CT molecular complexity index is 187. The third-order valence-electron chi connectivity index (χ3n) is 2.07. The molecule has 1 aliphatic rings. The maximum atomic E-state index is 11.1. The van der Waals surface area contributed by atoms with Gasteiger partial charge in [0.05, 0.1) is 12.0 Å². The molecule has 0 bridgehead atoms. The van der Waals surface area contributed by atoms with E-state index < -0.39 is 0 Å². The Hall–Kier alpha value is -0.990. The molecule has 1 heterocycles.